The molecule has 0 amide bonds. The molecule has 2 heterocycles. The maximum Gasteiger partial charge on any atom is 0.417 e. The summed E-state index contributed by atoms with van der Waals surface area (Å²) < 4.78 is 40.4. The number of carboxylic acids is 1. The SMILES string of the molecule is O=C([O-])c1cnc2c(Br)nn(C(=O)c3c(Cl)cccc3C(F)(F)F)c2c1. The summed E-state index contributed by atoms with van der Waals surface area (Å²) in [5, 5.41) is 14.4. The number of carbonyl (C=O) groups excluding carboxylic acids is 2. The molecule has 26 heavy (non-hydrogen) atoms. The van der Waals surface area contributed by atoms with Crippen LogP contribution in [0.15, 0.2) is 35.1 Å². The van der Waals surface area contributed by atoms with E-state index in [9.17, 15) is 27.9 Å². The van der Waals surface area contributed by atoms with Gasteiger partial charge in [-0.1, -0.05) is 17.7 Å². The monoisotopic (exact) mass is 446 g/mol. The minimum atomic E-state index is -4.83. The van der Waals surface area contributed by atoms with E-state index in [1.54, 1.807) is 0 Å². The number of fused-ring (bicyclic) bond motifs is 1. The van der Waals surface area contributed by atoms with E-state index in [0.717, 1.165) is 24.4 Å². The van der Waals surface area contributed by atoms with Crippen molar-refractivity contribution in [2.24, 2.45) is 0 Å². The number of benzene rings is 1. The van der Waals surface area contributed by atoms with Crippen molar-refractivity contribution in [1.82, 2.24) is 14.8 Å². The van der Waals surface area contributed by atoms with Crippen LogP contribution in [0.4, 0.5) is 13.2 Å². The van der Waals surface area contributed by atoms with Crippen LogP contribution >= 0.6 is 27.5 Å². The molecule has 0 atom stereocenters. The average molecular weight is 448 g/mol. The van der Waals surface area contributed by atoms with Gasteiger partial charge in [0.05, 0.1) is 27.6 Å². The Bertz CT molecular complexity index is 1070. The van der Waals surface area contributed by atoms with E-state index < -0.39 is 34.2 Å². The van der Waals surface area contributed by atoms with Crippen LogP contribution in [-0.4, -0.2) is 26.6 Å². The summed E-state index contributed by atoms with van der Waals surface area (Å²) in [6, 6.07) is 3.94. The number of alkyl halides is 3. The van der Waals surface area contributed by atoms with Crippen molar-refractivity contribution < 1.29 is 27.9 Å². The van der Waals surface area contributed by atoms with E-state index in [2.05, 4.69) is 26.0 Å². The van der Waals surface area contributed by atoms with Crippen LogP contribution in [0.1, 0.15) is 26.3 Å². The summed E-state index contributed by atoms with van der Waals surface area (Å²) >= 11 is 8.86. The average Bonchev–Trinajstić information content (AvgIpc) is 2.89. The Morgan fingerprint density at radius 2 is 1.96 bits per heavy atom. The van der Waals surface area contributed by atoms with E-state index in [4.69, 9.17) is 11.6 Å². The van der Waals surface area contributed by atoms with Gasteiger partial charge < -0.3 is 9.90 Å². The first-order chi connectivity index (χ1) is 12.1. The lowest BCUT2D eigenvalue weighted by Crippen LogP contribution is -2.23. The zero-order valence-electron chi connectivity index (χ0n) is 12.3. The fraction of sp³-hybridized carbons (Fsp3) is 0.0667. The molecule has 0 aliphatic rings. The van der Waals surface area contributed by atoms with E-state index in [1.165, 1.54) is 0 Å². The second-order valence-corrected chi connectivity index (χ2v) is 6.21. The molecule has 6 nitrogen and oxygen atoms in total. The number of hydrogen-bond acceptors (Lipinski definition) is 5. The molecular formula is C15H5BrClF3N3O3-. The number of aromatic nitrogens is 3. The van der Waals surface area contributed by atoms with Crippen LogP contribution in [0.5, 0.6) is 0 Å². The van der Waals surface area contributed by atoms with Crippen molar-refractivity contribution in [3.05, 3.63) is 56.8 Å². The number of nitrogens with zero attached hydrogens (tertiary/aromatic N) is 3. The second kappa shape index (κ2) is 6.36. The van der Waals surface area contributed by atoms with Crippen molar-refractivity contribution in [3.8, 4) is 0 Å². The Hall–Kier alpha value is -2.46. The summed E-state index contributed by atoms with van der Waals surface area (Å²) in [6.07, 6.45) is -3.85. The Morgan fingerprint density at radius 1 is 1.27 bits per heavy atom. The molecule has 0 aliphatic heterocycles. The van der Waals surface area contributed by atoms with E-state index in [-0.39, 0.29) is 21.2 Å². The Morgan fingerprint density at radius 3 is 2.58 bits per heavy atom. The van der Waals surface area contributed by atoms with Crippen molar-refractivity contribution >= 4 is 50.4 Å². The van der Waals surface area contributed by atoms with E-state index >= 15 is 0 Å². The molecule has 1 aromatic carbocycles. The summed E-state index contributed by atoms with van der Waals surface area (Å²) in [5.74, 6) is -2.75. The lowest BCUT2D eigenvalue weighted by molar-refractivity contribution is -0.255. The molecule has 134 valence electrons. The van der Waals surface area contributed by atoms with Gasteiger partial charge in [-0.2, -0.15) is 23.0 Å². The normalized spacial score (nSPS) is 11.7. The minimum absolute atomic E-state index is 0.0476. The lowest BCUT2D eigenvalue weighted by atomic mass is 10.1. The van der Waals surface area contributed by atoms with E-state index in [1.807, 2.05) is 0 Å². The highest BCUT2D eigenvalue weighted by atomic mass is 79.9. The molecule has 0 bridgehead atoms. The number of hydrogen-bond donors (Lipinski definition) is 0. The molecule has 0 spiro atoms. The molecule has 0 unspecified atom stereocenters. The highest BCUT2D eigenvalue weighted by Gasteiger charge is 2.37. The third-order valence-electron chi connectivity index (χ3n) is 3.44. The van der Waals surface area contributed by atoms with Gasteiger partial charge in [-0.25, -0.2) is 0 Å². The first-order valence-electron chi connectivity index (χ1n) is 6.77. The molecule has 3 rings (SSSR count). The molecule has 11 heteroatoms. The maximum atomic E-state index is 13.2. The Labute approximate surface area is 156 Å². The molecule has 3 aromatic rings. The van der Waals surface area contributed by atoms with Crippen LogP contribution in [0, 0.1) is 0 Å². The van der Waals surface area contributed by atoms with Crippen LogP contribution in [0.25, 0.3) is 11.0 Å². The van der Waals surface area contributed by atoms with Gasteiger partial charge in [-0.3, -0.25) is 9.78 Å². The highest BCUT2D eigenvalue weighted by molar-refractivity contribution is 9.10. The van der Waals surface area contributed by atoms with Crippen molar-refractivity contribution in [2.45, 2.75) is 6.18 Å². The summed E-state index contributed by atoms with van der Waals surface area (Å²) in [6.45, 7) is 0. The standard InChI is InChI=1S/C15H6BrClF3N3O3/c16-12-11-9(4-6(5-21-11)14(25)26)23(22-12)13(24)10-7(15(18,19)20)2-1-3-8(10)17/h1-5H,(H,25,26)/p-1. The zero-order valence-corrected chi connectivity index (χ0v) is 14.7. The van der Waals surface area contributed by atoms with Crippen LogP contribution in [0.3, 0.4) is 0 Å². The summed E-state index contributed by atoms with van der Waals surface area (Å²) in [4.78, 5) is 27.6. The highest BCUT2D eigenvalue weighted by Crippen LogP contribution is 2.36. The topological polar surface area (TPSA) is 87.9 Å². The maximum absolute atomic E-state index is 13.2. The summed E-state index contributed by atoms with van der Waals surface area (Å²) in [5.41, 5.74) is -2.44. The van der Waals surface area contributed by atoms with Crippen LogP contribution in [0.2, 0.25) is 5.02 Å². The predicted octanol–water partition coefficient (Wildman–Crippen LogP) is 2.92. The first-order valence-corrected chi connectivity index (χ1v) is 7.94. The van der Waals surface area contributed by atoms with Crippen molar-refractivity contribution in [1.29, 1.82) is 0 Å². The van der Waals surface area contributed by atoms with Gasteiger partial charge in [-0.15, -0.1) is 0 Å². The fourth-order valence-corrected chi connectivity index (χ4v) is 3.03. The lowest BCUT2D eigenvalue weighted by Gasteiger charge is -2.13. The zero-order chi connectivity index (χ0) is 19.2. The smallest absolute Gasteiger partial charge is 0.417 e. The molecule has 0 fully saturated rings. The van der Waals surface area contributed by atoms with Crippen LogP contribution < -0.4 is 5.11 Å². The van der Waals surface area contributed by atoms with Crippen LogP contribution in [-0.2, 0) is 6.18 Å². The molecule has 2 aromatic heterocycles. The largest absolute Gasteiger partial charge is 0.545 e. The Kier molecular flexibility index (Phi) is 4.49. The molecular weight excluding hydrogens is 443 g/mol. The van der Waals surface area contributed by atoms with E-state index in [0.29, 0.717) is 10.7 Å². The molecule has 0 N–H and O–H groups in total. The van der Waals surface area contributed by atoms with Gasteiger partial charge in [-0.05, 0) is 34.1 Å². The van der Waals surface area contributed by atoms with Gasteiger partial charge in [0, 0.05) is 11.8 Å². The van der Waals surface area contributed by atoms with Gasteiger partial charge in [0.25, 0.3) is 5.91 Å². The fourth-order valence-electron chi connectivity index (χ4n) is 2.31. The predicted molar refractivity (Wildman–Crippen MR) is 85.7 cm³/mol. The second-order valence-electron chi connectivity index (χ2n) is 5.05. The quantitative estimate of drug-likeness (QED) is 0.603. The minimum Gasteiger partial charge on any atom is -0.545 e. The number of halogens is 5. The molecule has 0 aliphatic carbocycles. The third-order valence-corrected chi connectivity index (χ3v) is 4.29. The Balaban J connectivity index is 2.27. The summed E-state index contributed by atoms with van der Waals surface area (Å²) in [7, 11) is 0. The number of carboxylic acid groups (broad SMARTS) is 1. The molecule has 0 radical (unpaired) electrons. The molecule has 0 saturated heterocycles. The molecule has 0 saturated carbocycles. The van der Waals surface area contributed by atoms with Crippen molar-refractivity contribution in [3.63, 3.8) is 0 Å². The van der Waals surface area contributed by atoms with Gasteiger partial charge in [0.2, 0.25) is 0 Å². The third kappa shape index (κ3) is 3.06. The number of aromatic carboxylic acids is 1. The van der Waals surface area contributed by atoms with Gasteiger partial charge in [0.15, 0.2) is 4.60 Å². The van der Waals surface area contributed by atoms with Gasteiger partial charge in [0.1, 0.15) is 5.52 Å². The van der Waals surface area contributed by atoms with Crippen molar-refractivity contribution in [2.75, 3.05) is 0 Å². The first kappa shape index (κ1) is 18.3. The number of pyridine rings is 1. The van der Waals surface area contributed by atoms with Gasteiger partial charge >= 0.3 is 6.18 Å². The number of carbonyl (C=O) groups is 2. The number of rotatable bonds is 2.